The summed E-state index contributed by atoms with van der Waals surface area (Å²) in [7, 11) is 1.86. The smallest absolute Gasteiger partial charge is 0.194 e. The Labute approximate surface area is 177 Å². The molecule has 0 spiro atoms. The number of benzene rings is 1. The lowest BCUT2D eigenvalue weighted by Gasteiger charge is -2.37. The molecule has 0 aliphatic carbocycles. The molecule has 2 heterocycles. The first-order valence-corrected chi connectivity index (χ1v) is 9.72. The SMILES string of the molecule is CCc1cnc(CNC(=NC)N2CCN(c3cccc(C)c3)CC2)s1.I. The molecule has 0 bridgehead atoms. The zero-order valence-corrected chi connectivity index (χ0v) is 18.9. The highest BCUT2D eigenvalue weighted by molar-refractivity contribution is 14.0. The van der Waals surface area contributed by atoms with Crippen LogP contribution in [0, 0.1) is 6.92 Å². The van der Waals surface area contributed by atoms with Crippen molar-refractivity contribution in [2.24, 2.45) is 4.99 Å². The summed E-state index contributed by atoms with van der Waals surface area (Å²) >= 11 is 1.78. The number of hydrogen-bond donors (Lipinski definition) is 1. The van der Waals surface area contributed by atoms with Crippen molar-refractivity contribution in [2.75, 3.05) is 38.1 Å². The highest BCUT2D eigenvalue weighted by atomic mass is 127. The molecule has 1 aromatic heterocycles. The molecular formula is C19H28IN5S. The molecule has 3 rings (SSSR count). The summed E-state index contributed by atoms with van der Waals surface area (Å²) in [5, 5.41) is 4.58. The lowest BCUT2D eigenvalue weighted by atomic mass is 10.2. The van der Waals surface area contributed by atoms with Gasteiger partial charge in [0, 0.05) is 50.0 Å². The second-order valence-electron chi connectivity index (χ2n) is 6.29. The number of aliphatic imine (C=N–C) groups is 1. The van der Waals surface area contributed by atoms with E-state index < -0.39 is 0 Å². The van der Waals surface area contributed by atoms with Crippen LogP contribution in [-0.4, -0.2) is 49.1 Å². The molecule has 0 atom stereocenters. The van der Waals surface area contributed by atoms with Crippen molar-refractivity contribution in [1.29, 1.82) is 0 Å². The van der Waals surface area contributed by atoms with Crippen molar-refractivity contribution in [1.82, 2.24) is 15.2 Å². The van der Waals surface area contributed by atoms with E-state index in [2.05, 4.69) is 63.2 Å². The number of nitrogens with zero attached hydrogens (tertiary/aromatic N) is 4. The number of hydrogen-bond acceptors (Lipinski definition) is 4. The summed E-state index contributed by atoms with van der Waals surface area (Å²) in [6.07, 6.45) is 3.03. The zero-order valence-electron chi connectivity index (χ0n) is 15.7. The number of aryl methyl sites for hydroxylation is 2. The van der Waals surface area contributed by atoms with Gasteiger partial charge in [0.25, 0.3) is 0 Å². The Morgan fingerprint density at radius 1 is 1.27 bits per heavy atom. The van der Waals surface area contributed by atoms with Crippen LogP contribution in [0.25, 0.3) is 0 Å². The molecule has 5 nitrogen and oxygen atoms in total. The molecule has 0 amide bonds. The van der Waals surface area contributed by atoms with Gasteiger partial charge in [-0.2, -0.15) is 0 Å². The van der Waals surface area contributed by atoms with Crippen molar-refractivity contribution in [3.63, 3.8) is 0 Å². The Morgan fingerprint density at radius 3 is 2.65 bits per heavy atom. The maximum absolute atomic E-state index is 4.47. The van der Waals surface area contributed by atoms with E-state index in [1.54, 1.807) is 11.3 Å². The maximum atomic E-state index is 4.47. The van der Waals surface area contributed by atoms with Crippen LogP contribution >= 0.6 is 35.3 Å². The summed E-state index contributed by atoms with van der Waals surface area (Å²) in [5.74, 6) is 0.970. The van der Waals surface area contributed by atoms with Crippen LogP contribution in [0.1, 0.15) is 22.4 Å². The average molecular weight is 485 g/mol. The van der Waals surface area contributed by atoms with Gasteiger partial charge >= 0.3 is 0 Å². The Kier molecular flexibility index (Phi) is 8.15. The quantitative estimate of drug-likeness (QED) is 0.409. The van der Waals surface area contributed by atoms with Gasteiger partial charge in [0.15, 0.2) is 5.96 Å². The average Bonchev–Trinajstić information content (AvgIpc) is 3.11. The Balaban J connectivity index is 0.00000243. The summed E-state index contributed by atoms with van der Waals surface area (Å²) in [6, 6.07) is 8.74. The number of thiazole rings is 1. The van der Waals surface area contributed by atoms with Crippen LogP contribution in [0.3, 0.4) is 0 Å². The number of piperazine rings is 1. The fourth-order valence-corrected chi connectivity index (χ4v) is 3.88. The molecule has 2 aromatic rings. The van der Waals surface area contributed by atoms with Crippen molar-refractivity contribution >= 4 is 47.0 Å². The van der Waals surface area contributed by atoms with Gasteiger partial charge in [-0.25, -0.2) is 4.98 Å². The molecule has 1 N–H and O–H groups in total. The summed E-state index contributed by atoms with van der Waals surface area (Å²) in [5.41, 5.74) is 2.63. The van der Waals surface area contributed by atoms with Gasteiger partial charge in [0.1, 0.15) is 5.01 Å². The monoisotopic (exact) mass is 485 g/mol. The third kappa shape index (κ3) is 5.33. The van der Waals surface area contributed by atoms with Gasteiger partial charge in [-0.3, -0.25) is 4.99 Å². The third-order valence-electron chi connectivity index (χ3n) is 4.51. The van der Waals surface area contributed by atoms with Crippen LogP contribution in [0.5, 0.6) is 0 Å². The molecule has 1 saturated heterocycles. The van der Waals surface area contributed by atoms with Crippen LogP contribution in [0.2, 0.25) is 0 Å². The molecule has 26 heavy (non-hydrogen) atoms. The minimum absolute atomic E-state index is 0. The topological polar surface area (TPSA) is 43.8 Å². The predicted molar refractivity (Wildman–Crippen MR) is 122 cm³/mol. The molecule has 0 saturated carbocycles. The molecule has 7 heteroatoms. The lowest BCUT2D eigenvalue weighted by molar-refractivity contribution is 0.372. The lowest BCUT2D eigenvalue weighted by Crippen LogP contribution is -2.52. The van der Waals surface area contributed by atoms with E-state index in [4.69, 9.17) is 0 Å². The summed E-state index contributed by atoms with van der Waals surface area (Å²) in [4.78, 5) is 15.0. The Bertz CT molecular complexity index is 722. The number of aromatic nitrogens is 1. The summed E-state index contributed by atoms with van der Waals surface area (Å²) in [6.45, 7) is 9.04. The van der Waals surface area contributed by atoms with Gasteiger partial charge in [-0.05, 0) is 31.0 Å². The minimum atomic E-state index is 0. The number of guanidine groups is 1. The number of nitrogens with one attached hydrogen (secondary N) is 1. The van der Waals surface area contributed by atoms with Crippen LogP contribution in [0.4, 0.5) is 5.69 Å². The van der Waals surface area contributed by atoms with Crippen LogP contribution < -0.4 is 10.2 Å². The molecule has 1 aliphatic rings. The third-order valence-corrected chi connectivity index (χ3v) is 5.65. The first kappa shape index (κ1) is 21.0. The standard InChI is InChI=1S/C19H27N5S.HI/c1-4-17-13-21-18(25-17)14-22-19(20-3)24-10-8-23(9-11-24)16-7-5-6-15(2)12-16;/h5-7,12-13H,4,8-11,14H2,1-3H3,(H,20,22);1H. The van der Waals surface area contributed by atoms with E-state index in [-0.39, 0.29) is 24.0 Å². The maximum Gasteiger partial charge on any atom is 0.194 e. The normalized spacial score (nSPS) is 15.0. The van der Waals surface area contributed by atoms with Gasteiger partial charge in [-0.1, -0.05) is 19.1 Å². The van der Waals surface area contributed by atoms with E-state index in [0.29, 0.717) is 0 Å². The van der Waals surface area contributed by atoms with Crippen LogP contribution in [0.15, 0.2) is 35.5 Å². The number of rotatable bonds is 4. The first-order valence-electron chi connectivity index (χ1n) is 8.90. The van der Waals surface area contributed by atoms with Crippen molar-refractivity contribution < 1.29 is 0 Å². The molecule has 1 aromatic carbocycles. The van der Waals surface area contributed by atoms with E-state index in [0.717, 1.165) is 50.1 Å². The highest BCUT2D eigenvalue weighted by Crippen LogP contribution is 2.18. The molecular weight excluding hydrogens is 457 g/mol. The first-order chi connectivity index (χ1) is 12.2. The van der Waals surface area contributed by atoms with E-state index in [9.17, 15) is 0 Å². The Hall–Kier alpha value is -1.35. The van der Waals surface area contributed by atoms with Crippen molar-refractivity contribution in [3.8, 4) is 0 Å². The van der Waals surface area contributed by atoms with Crippen molar-refractivity contribution in [3.05, 3.63) is 45.9 Å². The highest BCUT2D eigenvalue weighted by Gasteiger charge is 2.20. The molecule has 0 unspecified atom stereocenters. The van der Waals surface area contributed by atoms with Crippen LogP contribution in [-0.2, 0) is 13.0 Å². The predicted octanol–water partition coefficient (Wildman–Crippen LogP) is 3.53. The largest absolute Gasteiger partial charge is 0.368 e. The minimum Gasteiger partial charge on any atom is -0.368 e. The van der Waals surface area contributed by atoms with E-state index in [1.807, 2.05) is 13.2 Å². The van der Waals surface area contributed by atoms with E-state index >= 15 is 0 Å². The zero-order chi connectivity index (χ0) is 17.6. The van der Waals surface area contributed by atoms with Gasteiger partial charge < -0.3 is 15.1 Å². The second-order valence-corrected chi connectivity index (χ2v) is 7.49. The fourth-order valence-electron chi connectivity index (χ4n) is 3.08. The fraction of sp³-hybridized carbons (Fsp3) is 0.474. The summed E-state index contributed by atoms with van der Waals surface area (Å²) < 4.78 is 0. The van der Waals surface area contributed by atoms with Crippen molar-refractivity contribution in [2.45, 2.75) is 26.8 Å². The van der Waals surface area contributed by atoms with Gasteiger partial charge in [-0.15, -0.1) is 35.3 Å². The number of anilines is 1. The molecule has 1 aliphatic heterocycles. The molecule has 0 radical (unpaired) electrons. The van der Waals surface area contributed by atoms with Gasteiger partial charge in [0.2, 0.25) is 0 Å². The number of halogens is 1. The van der Waals surface area contributed by atoms with Gasteiger partial charge in [0.05, 0.1) is 6.54 Å². The van der Waals surface area contributed by atoms with E-state index in [1.165, 1.54) is 16.1 Å². The Morgan fingerprint density at radius 2 is 2.04 bits per heavy atom. The molecule has 142 valence electrons. The molecule has 1 fully saturated rings. The second kappa shape index (κ2) is 10.1.